The average molecular weight is 303 g/mol. The molecular weight excluding hydrogens is 282 g/mol. The van der Waals surface area contributed by atoms with Crippen LogP contribution in [0.5, 0.6) is 0 Å². The summed E-state index contributed by atoms with van der Waals surface area (Å²) in [6, 6.07) is 2.56. The molecule has 1 aliphatic rings. The third-order valence-corrected chi connectivity index (χ3v) is 3.69. The smallest absolute Gasteiger partial charge is 0.358 e. The summed E-state index contributed by atoms with van der Waals surface area (Å²) in [7, 11) is 0. The Morgan fingerprint density at radius 2 is 2.14 bits per heavy atom. The summed E-state index contributed by atoms with van der Waals surface area (Å²) in [5.74, 6) is 0.403. The molecular formula is C15H21N5O2. The lowest BCUT2D eigenvalue weighted by Crippen LogP contribution is -2.54. The monoisotopic (exact) mass is 303 g/mol. The van der Waals surface area contributed by atoms with Crippen LogP contribution in [0.2, 0.25) is 0 Å². The van der Waals surface area contributed by atoms with Crippen molar-refractivity contribution in [3.05, 3.63) is 24.2 Å². The fourth-order valence-corrected chi connectivity index (χ4v) is 2.93. The highest BCUT2D eigenvalue weighted by atomic mass is 16.5. The third kappa shape index (κ3) is 2.76. The van der Waals surface area contributed by atoms with Gasteiger partial charge in [0.1, 0.15) is 5.65 Å². The third-order valence-electron chi connectivity index (χ3n) is 3.69. The van der Waals surface area contributed by atoms with Crippen molar-refractivity contribution in [3.8, 4) is 0 Å². The maximum Gasteiger partial charge on any atom is 0.358 e. The predicted octanol–water partition coefficient (Wildman–Crippen LogP) is 1.09. The Labute approximate surface area is 129 Å². The number of carbonyl (C=O) groups excluding carboxylic acids is 1. The second-order valence-corrected chi connectivity index (χ2v) is 5.69. The van der Waals surface area contributed by atoms with Gasteiger partial charge >= 0.3 is 5.97 Å². The Hall–Kier alpha value is -2.15. The largest absolute Gasteiger partial charge is 0.461 e. The second-order valence-electron chi connectivity index (χ2n) is 5.69. The molecule has 1 N–H and O–H groups in total. The van der Waals surface area contributed by atoms with E-state index in [4.69, 9.17) is 4.74 Å². The van der Waals surface area contributed by atoms with E-state index in [0.717, 1.165) is 19.0 Å². The van der Waals surface area contributed by atoms with Crippen LogP contribution in [-0.2, 0) is 4.74 Å². The first-order chi connectivity index (χ1) is 10.6. The topological polar surface area (TPSA) is 71.8 Å². The Kier molecular flexibility index (Phi) is 3.98. The number of carbonyl (C=O) groups is 1. The first-order valence-corrected chi connectivity index (χ1v) is 7.60. The minimum Gasteiger partial charge on any atom is -0.461 e. The Morgan fingerprint density at radius 3 is 2.82 bits per heavy atom. The second kappa shape index (κ2) is 5.92. The molecule has 0 bridgehead atoms. The summed E-state index contributed by atoms with van der Waals surface area (Å²) in [6.45, 7) is 8.16. The van der Waals surface area contributed by atoms with Crippen LogP contribution < -0.4 is 10.2 Å². The number of rotatable bonds is 3. The van der Waals surface area contributed by atoms with Crippen LogP contribution in [0.25, 0.3) is 5.65 Å². The molecule has 0 amide bonds. The van der Waals surface area contributed by atoms with Gasteiger partial charge in [-0.25, -0.2) is 14.8 Å². The zero-order chi connectivity index (χ0) is 15.7. The first kappa shape index (κ1) is 14.8. The van der Waals surface area contributed by atoms with E-state index in [9.17, 15) is 4.79 Å². The van der Waals surface area contributed by atoms with Crippen molar-refractivity contribution < 1.29 is 9.53 Å². The van der Waals surface area contributed by atoms with Crippen LogP contribution in [0.3, 0.4) is 0 Å². The molecule has 1 aliphatic heterocycles. The number of ether oxygens (including phenoxy) is 1. The van der Waals surface area contributed by atoms with Crippen molar-refractivity contribution in [3.63, 3.8) is 0 Å². The number of piperazine rings is 1. The molecule has 1 saturated heterocycles. The quantitative estimate of drug-likeness (QED) is 0.856. The molecule has 2 aromatic heterocycles. The van der Waals surface area contributed by atoms with E-state index < -0.39 is 5.97 Å². The fourth-order valence-electron chi connectivity index (χ4n) is 2.93. The molecule has 3 rings (SSSR count). The van der Waals surface area contributed by atoms with E-state index >= 15 is 0 Å². The van der Waals surface area contributed by atoms with Gasteiger partial charge in [-0.3, -0.25) is 4.40 Å². The van der Waals surface area contributed by atoms with E-state index in [-0.39, 0.29) is 0 Å². The van der Waals surface area contributed by atoms with E-state index in [1.165, 1.54) is 0 Å². The molecule has 0 spiro atoms. The normalized spacial score (nSPS) is 22.0. The maximum absolute atomic E-state index is 11.9. The van der Waals surface area contributed by atoms with E-state index in [0.29, 0.717) is 30.0 Å². The lowest BCUT2D eigenvalue weighted by atomic mass is 10.1. The van der Waals surface area contributed by atoms with Crippen LogP contribution >= 0.6 is 0 Å². The van der Waals surface area contributed by atoms with Gasteiger partial charge in [0.05, 0.1) is 6.61 Å². The minimum absolute atomic E-state index is 0.312. The molecule has 2 aromatic rings. The van der Waals surface area contributed by atoms with Gasteiger partial charge in [0.15, 0.2) is 5.69 Å². The number of imidazole rings is 1. The lowest BCUT2D eigenvalue weighted by molar-refractivity contribution is 0.0520. The van der Waals surface area contributed by atoms with E-state index in [2.05, 4.69) is 34.0 Å². The summed E-state index contributed by atoms with van der Waals surface area (Å²) in [4.78, 5) is 22.9. The lowest BCUT2D eigenvalue weighted by Gasteiger charge is -2.36. The Balaban J connectivity index is 1.97. The minimum atomic E-state index is -0.404. The molecule has 2 atom stereocenters. The zero-order valence-corrected chi connectivity index (χ0v) is 13.1. The highest BCUT2D eigenvalue weighted by Gasteiger charge is 2.24. The summed E-state index contributed by atoms with van der Waals surface area (Å²) in [5, 5.41) is 3.50. The number of aromatic nitrogens is 3. The molecule has 2 unspecified atom stereocenters. The number of hydrogen-bond donors (Lipinski definition) is 1. The van der Waals surface area contributed by atoms with Crippen LogP contribution in [0.4, 0.5) is 5.95 Å². The van der Waals surface area contributed by atoms with Gasteiger partial charge in [0.25, 0.3) is 0 Å². The van der Waals surface area contributed by atoms with Gasteiger partial charge in [-0.1, -0.05) is 0 Å². The number of fused-ring (bicyclic) bond motifs is 1. The summed E-state index contributed by atoms with van der Waals surface area (Å²) < 4.78 is 6.88. The molecule has 118 valence electrons. The van der Waals surface area contributed by atoms with Crippen molar-refractivity contribution in [2.45, 2.75) is 32.9 Å². The molecule has 7 heteroatoms. The number of nitrogens with zero attached hydrogens (tertiary/aromatic N) is 4. The molecule has 0 saturated carbocycles. The summed E-state index contributed by atoms with van der Waals surface area (Å²) in [6.07, 6.45) is 3.43. The van der Waals surface area contributed by atoms with Crippen molar-refractivity contribution in [1.29, 1.82) is 0 Å². The van der Waals surface area contributed by atoms with Crippen LogP contribution in [0.1, 0.15) is 31.3 Å². The van der Waals surface area contributed by atoms with Crippen LogP contribution in [-0.4, -0.2) is 52.1 Å². The molecule has 0 aromatic carbocycles. The molecule has 0 radical (unpaired) electrons. The average Bonchev–Trinajstić information content (AvgIpc) is 2.90. The van der Waals surface area contributed by atoms with Gasteiger partial charge in [-0.05, 0) is 26.8 Å². The molecule has 3 heterocycles. The Morgan fingerprint density at radius 1 is 1.41 bits per heavy atom. The van der Waals surface area contributed by atoms with Crippen LogP contribution in [0, 0.1) is 0 Å². The van der Waals surface area contributed by atoms with Gasteiger partial charge in [-0.15, -0.1) is 0 Å². The molecule has 0 aliphatic carbocycles. The number of anilines is 1. The summed E-state index contributed by atoms with van der Waals surface area (Å²) >= 11 is 0. The number of hydrogen-bond acceptors (Lipinski definition) is 6. The van der Waals surface area contributed by atoms with Crippen molar-refractivity contribution >= 4 is 17.6 Å². The highest BCUT2D eigenvalue weighted by Crippen LogP contribution is 2.18. The number of esters is 1. The van der Waals surface area contributed by atoms with Crippen LogP contribution in [0.15, 0.2) is 18.5 Å². The molecule has 22 heavy (non-hydrogen) atoms. The zero-order valence-electron chi connectivity index (χ0n) is 13.1. The van der Waals surface area contributed by atoms with Crippen molar-refractivity contribution in [2.24, 2.45) is 0 Å². The highest BCUT2D eigenvalue weighted by molar-refractivity contribution is 5.88. The number of nitrogens with one attached hydrogen (secondary N) is 1. The fraction of sp³-hybridized carbons (Fsp3) is 0.533. The maximum atomic E-state index is 11.9. The SMILES string of the molecule is CCOC(=O)c1cn2c(N3CC(C)NC(C)C3)nccc2n1. The van der Waals surface area contributed by atoms with Crippen molar-refractivity contribution in [1.82, 2.24) is 19.7 Å². The Bertz CT molecular complexity index is 674. The van der Waals surface area contributed by atoms with E-state index in [1.54, 1.807) is 25.4 Å². The standard InChI is InChI=1S/C15H21N5O2/c1-4-22-14(21)12-9-20-13(18-12)5-6-16-15(20)19-7-10(2)17-11(3)8-19/h5-6,9-11,17H,4,7-8H2,1-3H3. The van der Waals surface area contributed by atoms with Gasteiger partial charge in [-0.2, -0.15) is 0 Å². The van der Waals surface area contributed by atoms with Gasteiger partial charge < -0.3 is 15.0 Å². The van der Waals surface area contributed by atoms with E-state index in [1.807, 2.05) is 4.40 Å². The van der Waals surface area contributed by atoms with Gasteiger partial charge in [0, 0.05) is 37.6 Å². The first-order valence-electron chi connectivity index (χ1n) is 7.60. The predicted molar refractivity (Wildman–Crippen MR) is 83.2 cm³/mol. The molecule has 1 fully saturated rings. The van der Waals surface area contributed by atoms with Crippen molar-refractivity contribution in [2.75, 3.05) is 24.6 Å². The molecule has 7 nitrogen and oxygen atoms in total. The summed E-state index contributed by atoms with van der Waals surface area (Å²) in [5.41, 5.74) is 1.01. The van der Waals surface area contributed by atoms with Gasteiger partial charge in [0.2, 0.25) is 5.95 Å².